The lowest BCUT2D eigenvalue weighted by atomic mass is 9.95. The molecule has 1 unspecified atom stereocenters. The topological polar surface area (TPSA) is 50.6 Å². The van der Waals surface area contributed by atoms with E-state index in [-0.39, 0.29) is 11.8 Å². The number of morpholine rings is 1. The zero-order valence-electron chi connectivity index (χ0n) is 17.5. The maximum Gasteiger partial charge on any atom is 0.227 e. The first kappa shape index (κ1) is 19.1. The van der Waals surface area contributed by atoms with Crippen LogP contribution in [0.3, 0.4) is 0 Å². The number of aromatic nitrogens is 2. The number of carbonyl (C=O) groups is 1. The summed E-state index contributed by atoms with van der Waals surface area (Å²) in [5, 5.41) is 0. The molecule has 3 aromatic rings. The molecule has 156 valence electrons. The molecule has 0 spiro atoms. The summed E-state index contributed by atoms with van der Waals surface area (Å²) in [6, 6.07) is 16.8. The van der Waals surface area contributed by atoms with Crippen LogP contribution in [0.1, 0.15) is 12.8 Å². The zero-order valence-corrected chi connectivity index (χ0v) is 17.5. The average Bonchev–Trinajstić information content (AvgIpc) is 3.16. The molecule has 6 heteroatoms. The van der Waals surface area contributed by atoms with Gasteiger partial charge in [-0.15, -0.1) is 0 Å². The first-order valence-electron chi connectivity index (χ1n) is 10.8. The zero-order chi connectivity index (χ0) is 20.5. The number of rotatable bonds is 3. The van der Waals surface area contributed by atoms with E-state index in [4.69, 9.17) is 9.72 Å². The minimum absolute atomic E-state index is 0.0660. The first-order valence-corrected chi connectivity index (χ1v) is 10.8. The van der Waals surface area contributed by atoms with E-state index in [0.29, 0.717) is 13.2 Å². The van der Waals surface area contributed by atoms with Crippen molar-refractivity contribution in [2.45, 2.75) is 12.8 Å². The number of aryl methyl sites for hydroxylation is 1. The molecule has 0 bridgehead atoms. The summed E-state index contributed by atoms with van der Waals surface area (Å²) in [6.45, 7) is 4.51. The number of carbonyl (C=O) groups excluding carboxylic acids is 1. The fourth-order valence-corrected chi connectivity index (χ4v) is 4.70. The first-order chi connectivity index (χ1) is 14.7. The van der Waals surface area contributed by atoms with Crippen molar-refractivity contribution in [1.82, 2.24) is 14.5 Å². The Morgan fingerprint density at radius 1 is 1.07 bits per heavy atom. The van der Waals surface area contributed by atoms with E-state index in [1.165, 1.54) is 5.69 Å². The van der Waals surface area contributed by atoms with Crippen LogP contribution in [-0.2, 0) is 16.6 Å². The second kappa shape index (κ2) is 8.11. The van der Waals surface area contributed by atoms with Gasteiger partial charge in [0, 0.05) is 44.5 Å². The summed E-state index contributed by atoms with van der Waals surface area (Å²) < 4.78 is 7.55. The third-order valence-corrected chi connectivity index (χ3v) is 6.35. The second-order valence-electron chi connectivity index (χ2n) is 8.26. The molecule has 2 aliphatic rings. The lowest BCUT2D eigenvalue weighted by Crippen LogP contribution is -2.48. The summed E-state index contributed by atoms with van der Waals surface area (Å²) in [7, 11) is 2.06. The van der Waals surface area contributed by atoms with Crippen molar-refractivity contribution in [3.63, 3.8) is 0 Å². The Hall–Kier alpha value is -2.86. The van der Waals surface area contributed by atoms with Crippen LogP contribution in [-0.4, -0.2) is 59.8 Å². The number of benzene rings is 2. The number of imidazole rings is 1. The molecule has 1 amide bonds. The van der Waals surface area contributed by atoms with Crippen molar-refractivity contribution in [2.75, 3.05) is 44.3 Å². The van der Waals surface area contributed by atoms with Crippen molar-refractivity contribution in [3.05, 3.63) is 48.5 Å². The molecule has 2 fully saturated rings. The molecular formula is C24H28N4O2. The number of anilines is 1. The number of ether oxygens (including phenoxy) is 1. The van der Waals surface area contributed by atoms with Crippen LogP contribution in [0.2, 0.25) is 0 Å². The molecule has 5 rings (SSSR count). The number of hydrogen-bond donors (Lipinski definition) is 0. The van der Waals surface area contributed by atoms with Gasteiger partial charge in [-0.1, -0.05) is 24.3 Å². The molecule has 6 nitrogen and oxygen atoms in total. The number of nitrogens with zero attached hydrogens (tertiary/aromatic N) is 4. The largest absolute Gasteiger partial charge is 0.378 e. The maximum absolute atomic E-state index is 13.0. The molecule has 0 aliphatic carbocycles. The highest BCUT2D eigenvalue weighted by molar-refractivity contribution is 5.82. The number of para-hydroxylation sites is 2. The van der Waals surface area contributed by atoms with Gasteiger partial charge in [0.1, 0.15) is 5.82 Å². The molecule has 2 aliphatic heterocycles. The van der Waals surface area contributed by atoms with Crippen molar-refractivity contribution >= 4 is 22.6 Å². The summed E-state index contributed by atoms with van der Waals surface area (Å²) in [5.74, 6) is 1.32. The highest BCUT2D eigenvalue weighted by atomic mass is 16.5. The highest BCUT2D eigenvalue weighted by Gasteiger charge is 2.30. The molecule has 0 radical (unpaired) electrons. The van der Waals surface area contributed by atoms with E-state index >= 15 is 0 Å². The normalized spacial score (nSPS) is 20.0. The van der Waals surface area contributed by atoms with Crippen LogP contribution in [0.4, 0.5) is 5.69 Å². The molecule has 2 saturated heterocycles. The van der Waals surface area contributed by atoms with Gasteiger partial charge in [-0.2, -0.15) is 0 Å². The van der Waals surface area contributed by atoms with E-state index < -0.39 is 0 Å². The average molecular weight is 405 g/mol. The van der Waals surface area contributed by atoms with Gasteiger partial charge in [0.25, 0.3) is 0 Å². The number of hydrogen-bond acceptors (Lipinski definition) is 4. The van der Waals surface area contributed by atoms with E-state index in [2.05, 4.69) is 52.9 Å². The number of piperidine rings is 1. The van der Waals surface area contributed by atoms with Gasteiger partial charge < -0.3 is 19.1 Å². The van der Waals surface area contributed by atoms with E-state index in [9.17, 15) is 4.79 Å². The van der Waals surface area contributed by atoms with Gasteiger partial charge in [0.2, 0.25) is 5.91 Å². The predicted molar refractivity (Wildman–Crippen MR) is 118 cm³/mol. The molecule has 1 atom stereocenters. The summed E-state index contributed by atoms with van der Waals surface area (Å²) >= 11 is 0. The smallest absolute Gasteiger partial charge is 0.227 e. The molecule has 0 saturated carbocycles. The molecular weight excluding hydrogens is 376 g/mol. The van der Waals surface area contributed by atoms with Gasteiger partial charge in [-0.05, 0) is 37.1 Å². The van der Waals surface area contributed by atoms with Crippen LogP contribution in [0.5, 0.6) is 0 Å². The molecule has 0 N–H and O–H groups in total. The third-order valence-electron chi connectivity index (χ3n) is 6.35. The Labute approximate surface area is 177 Å². The standard InChI is InChI=1S/C24H28N4O2/c1-26-22-10-3-2-9-21(22)25-23(26)18-6-4-8-20(16-18)28-11-5-7-19(17-28)24(29)27-12-14-30-15-13-27/h2-4,6,8-10,16,19H,5,7,11-15,17H2,1H3. The SMILES string of the molecule is Cn1c(-c2cccc(N3CCCC(C(=O)N4CCOCC4)C3)c2)nc2ccccc21. The van der Waals surface area contributed by atoms with E-state index in [0.717, 1.165) is 61.4 Å². The quantitative estimate of drug-likeness (QED) is 0.672. The molecule has 3 heterocycles. The summed E-state index contributed by atoms with van der Waals surface area (Å²) in [5.41, 5.74) is 4.41. The Kier molecular flexibility index (Phi) is 5.17. The Balaban J connectivity index is 1.38. The van der Waals surface area contributed by atoms with Gasteiger partial charge >= 0.3 is 0 Å². The highest BCUT2D eigenvalue weighted by Crippen LogP contribution is 2.30. The minimum atomic E-state index is 0.0660. The van der Waals surface area contributed by atoms with Gasteiger partial charge in [0.15, 0.2) is 0 Å². The van der Waals surface area contributed by atoms with Gasteiger partial charge in [-0.3, -0.25) is 4.79 Å². The van der Waals surface area contributed by atoms with Crippen LogP contribution in [0.25, 0.3) is 22.4 Å². The van der Waals surface area contributed by atoms with Crippen LogP contribution in [0.15, 0.2) is 48.5 Å². The van der Waals surface area contributed by atoms with E-state index in [1.54, 1.807) is 0 Å². The van der Waals surface area contributed by atoms with E-state index in [1.807, 2.05) is 17.0 Å². The molecule has 1 aromatic heterocycles. The Morgan fingerprint density at radius 3 is 2.73 bits per heavy atom. The lowest BCUT2D eigenvalue weighted by molar-refractivity contribution is -0.139. The monoisotopic (exact) mass is 404 g/mol. The fourth-order valence-electron chi connectivity index (χ4n) is 4.70. The molecule has 2 aromatic carbocycles. The van der Waals surface area contributed by atoms with Gasteiger partial charge in [-0.25, -0.2) is 4.98 Å². The number of fused-ring (bicyclic) bond motifs is 1. The van der Waals surface area contributed by atoms with Crippen molar-refractivity contribution in [2.24, 2.45) is 13.0 Å². The second-order valence-corrected chi connectivity index (χ2v) is 8.26. The van der Waals surface area contributed by atoms with Crippen LogP contribution < -0.4 is 4.90 Å². The minimum Gasteiger partial charge on any atom is -0.378 e. The summed E-state index contributed by atoms with van der Waals surface area (Å²) in [6.07, 6.45) is 2.01. The van der Waals surface area contributed by atoms with Crippen LogP contribution >= 0.6 is 0 Å². The number of amides is 1. The van der Waals surface area contributed by atoms with Crippen molar-refractivity contribution in [1.29, 1.82) is 0 Å². The summed E-state index contributed by atoms with van der Waals surface area (Å²) in [4.78, 5) is 22.2. The Morgan fingerprint density at radius 2 is 1.90 bits per heavy atom. The molecule has 30 heavy (non-hydrogen) atoms. The predicted octanol–water partition coefficient (Wildman–Crippen LogP) is 3.32. The lowest BCUT2D eigenvalue weighted by Gasteiger charge is -2.37. The van der Waals surface area contributed by atoms with Gasteiger partial charge in [0.05, 0.1) is 30.2 Å². The maximum atomic E-state index is 13.0. The fraction of sp³-hybridized carbons (Fsp3) is 0.417. The Bertz CT molecular complexity index is 1050. The van der Waals surface area contributed by atoms with Crippen molar-refractivity contribution in [3.8, 4) is 11.4 Å². The van der Waals surface area contributed by atoms with Crippen molar-refractivity contribution < 1.29 is 9.53 Å². The van der Waals surface area contributed by atoms with Crippen LogP contribution in [0, 0.1) is 5.92 Å². The third kappa shape index (κ3) is 3.56.